The molecule has 0 aliphatic heterocycles. The maximum atomic E-state index is 12.0. The van der Waals surface area contributed by atoms with Crippen LogP contribution < -0.4 is 5.32 Å². The lowest BCUT2D eigenvalue weighted by Gasteiger charge is -2.10. The number of nitrogens with one attached hydrogen (secondary N) is 1. The normalized spacial score (nSPS) is 10.4. The summed E-state index contributed by atoms with van der Waals surface area (Å²) in [6.07, 6.45) is -0.124. The van der Waals surface area contributed by atoms with Crippen molar-refractivity contribution < 1.29 is 19.1 Å². The Kier molecular flexibility index (Phi) is 7.66. The molecule has 2 aromatic rings. The standard InChI is InChI=1S/C19H16Cl3NO4/c1-11-2-4-12(5-3-11)16(24)6-7-18(26)27-10-17(25)23-19-14(21)8-13(20)9-15(19)22/h2-5,8-9H,6-7,10H2,1H3,(H,23,25). The van der Waals surface area contributed by atoms with E-state index in [2.05, 4.69) is 5.32 Å². The number of amides is 1. The number of Topliss-reactive ketones (excluding diaryl/α,β-unsaturated/α-hetero) is 1. The van der Waals surface area contributed by atoms with Crippen LogP contribution in [-0.4, -0.2) is 24.3 Å². The van der Waals surface area contributed by atoms with Gasteiger partial charge in [-0.15, -0.1) is 0 Å². The molecule has 1 N–H and O–H groups in total. The molecule has 0 saturated heterocycles. The van der Waals surface area contributed by atoms with E-state index in [-0.39, 0.29) is 34.4 Å². The number of rotatable bonds is 7. The van der Waals surface area contributed by atoms with Gasteiger partial charge in [0.2, 0.25) is 0 Å². The van der Waals surface area contributed by atoms with Crippen LogP contribution in [0.1, 0.15) is 28.8 Å². The van der Waals surface area contributed by atoms with Gasteiger partial charge in [0.05, 0.1) is 22.2 Å². The fourth-order valence-electron chi connectivity index (χ4n) is 2.15. The number of hydrogen-bond acceptors (Lipinski definition) is 4. The van der Waals surface area contributed by atoms with E-state index in [1.54, 1.807) is 12.1 Å². The second kappa shape index (κ2) is 9.74. The first kappa shape index (κ1) is 21.2. The second-order valence-corrected chi connectivity index (χ2v) is 6.99. The number of ether oxygens (including phenoxy) is 1. The first-order chi connectivity index (χ1) is 12.8. The predicted molar refractivity (Wildman–Crippen MR) is 106 cm³/mol. The van der Waals surface area contributed by atoms with Gasteiger partial charge in [-0.05, 0) is 19.1 Å². The number of esters is 1. The largest absolute Gasteiger partial charge is 0.456 e. The molecule has 2 rings (SSSR count). The highest BCUT2D eigenvalue weighted by Gasteiger charge is 2.14. The molecule has 0 bridgehead atoms. The molecule has 0 unspecified atom stereocenters. The van der Waals surface area contributed by atoms with Gasteiger partial charge in [0, 0.05) is 17.0 Å². The molecule has 0 aliphatic carbocycles. The van der Waals surface area contributed by atoms with Crippen molar-refractivity contribution in [2.24, 2.45) is 0 Å². The van der Waals surface area contributed by atoms with Gasteiger partial charge in [0.1, 0.15) is 0 Å². The van der Waals surface area contributed by atoms with Crippen LogP contribution in [0.5, 0.6) is 0 Å². The van der Waals surface area contributed by atoms with Crippen LogP contribution in [0, 0.1) is 6.92 Å². The van der Waals surface area contributed by atoms with Crippen molar-refractivity contribution >= 4 is 58.1 Å². The summed E-state index contributed by atoms with van der Waals surface area (Å²) in [6, 6.07) is 9.90. The molecule has 0 aromatic heterocycles. The van der Waals surface area contributed by atoms with Crippen molar-refractivity contribution in [3.8, 4) is 0 Å². The maximum absolute atomic E-state index is 12.0. The average Bonchev–Trinajstić information content (AvgIpc) is 2.61. The fraction of sp³-hybridized carbons (Fsp3) is 0.211. The number of carbonyl (C=O) groups excluding carboxylic acids is 3. The van der Waals surface area contributed by atoms with Crippen LogP contribution in [0.25, 0.3) is 0 Å². The Bertz CT molecular complexity index is 843. The first-order valence-corrected chi connectivity index (χ1v) is 9.09. The summed E-state index contributed by atoms with van der Waals surface area (Å²) in [5.41, 5.74) is 1.74. The molecule has 2 aromatic carbocycles. The number of ketones is 1. The molecule has 8 heteroatoms. The van der Waals surface area contributed by atoms with Crippen molar-refractivity contribution in [3.63, 3.8) is 0 Å². The first-order valence-electron chi connectivity index (χ1n) is 7.96. The molecule has 5 nitrogen and oxygen atoms in total. The van der Waals surface area contributed by atoms with Gasteiger partial charge < -0.3 is 10.1 Å². The van der Waals surface area contributed by atoms with Gasteiger partial charge in [0.25, 0.3) is 5.91 Å². The van der Waals surface area contributed by atoms with Crippen LogP contribution in [0.2, 0.25) is 15.1 Å². The van der Waals surface area contributed by atoms with E-state index in [1.165, 1.54) is 12.1 Å². The van der Waals surface area contributed by atoms with E-state index >= 15 is 0 Å². The maximum Gasteiger partial charge on any atom is 0.306 e. The molecule has 0 spiro atoms. The Hall–Kier alpha value is -2.08. The summed E-state index contributed by atoms with van der Waals surface area (Å²) < 4.78 is 4.87. The minimum Gasteiger partial charge on any atom is -0.456 e. The van der Waals surface area contributed by atoms with Crippen LogP contribution in [-0.2, 0) is 14.3 Å². The molecular weight excluding hydrogens is 413 g/mol. The van der Waals surface area contributed by atoms with Crippen molar-refractivity contribution in [1.82, 2.24) is 0 Å². The van der Waals surface area contributed by atoms with Crippen LogP contribution in [0.4, 0.5) is 5.69 Å². The number of carbonyl (C=O) groups is 3. The Morgan fingerprint density at radius 2 is 1.56 bits per heavy atom. The summed E-state index contributed by atoms with van der Waals surface area (Å²) in [5.74, 6) is -1.44. The Morgan fingerprint density at radius 1 is 0.963 bits per heavy atom. The van der Waals surface area contributed by atoms with Crippen LogP contribution in [0.15, 0.2) is 36.4 Å². The highest BCUT2D eigenvalue weighted by molar-refractivity contribution is 6.42. The highest BCUT2D eigenvalue weighted by Crippen LogP contribution is 2.33. The smallest absolute Gasteiger partial charge is 0.306 e. The van der Waals surface area contributed by atoms with Crippen LogP contribution in [0.3, 0.4) is 0 Å². The number of halogens is 3. The Morgan fingerprint density at radius 3 is 2.15 bits per heavy atom. The number of aryl methyl sites for hydroxylation is 1. The van der Waals surface area contributed by atoms with Crippen molar-refractivity contribution in [3.05, 3.63) is 62.6 Å². The third-order valence-corrected chi connectivity index (χ3v) is 4.38. The lowest BCUT2D eigenvalue weighted by atomic mass is 10.1. The summed E-state index contributed by atoms with van der Waals surface area (Å²) in [4.78, 5) is 35.7. The molecule has 1 amide bonds. The zero-order valence-corrected chi connectivity index (χ0v) is 16.6. The lowest BCUT2D eigenvalue weighted by molar-refractivity contribution is -0.147. The summed E-state index contributed by atoms with van der Waals surface area (Å²) >= 11 is 17.7. The van der Waals surface area contributed by atoms with E-state index in [0.29, 0.717) is 10.6 Å². The van der Waals surface area contributed by atoms with E-state index in [4.69, 9.17) is 39.5 Å². The van der Waals surface area contributed by atoms with Gasteiger partial charge in [-0.1, -0.05) is 64.6 Å². The van der Waals surface area contributed by atoms with E-state index in [0.717, 1.165) is 5.56 Å². The Balaban J connectivity index is 1.79. The molecule has 0 aliphatic rings. The summed E-state index contributed by atoms with van der Waals surface area (Å²) in [6.45, 7) is 1.40. The van der Waals surface area contributed by atoms with Gasteiger partial charge in [-0.3, -0.25) is 14.4 Å². The zero-order chi connectivity index (χ0) is 20.0. The molecular formula is C19H16Cl3NO4. The van der Waals surface area contributed by atoms with Gasteiger partial charge in [-0.25, -0.2) is 0 Å². The average molecular weight is 429 g/mol. The number of hydrogen-bond donors (Lipinski definition) is 1. The summed E-state index contributed by atoms with van der Waals surface area (Å²) in [7, 11) is 0. The fourth-order valence-corrected chi connectivity index (χ4v) is 3.07. The molecule has 0 saturated carbocycles. The predicted octanol–water partition coefficient (Wildman–Crippen LogP) is 5.10. The second-order valence-electron chi connectivity index (χ2n) is 5.74. The highest BCUT2D eigenvalue weighted by atomic mass is 35.5. The molecule has 0 fully saturated rings. The van der Waals surface area contributed by atoms with Crippen LogP contribution >= 0.6 is 34.8 Å². The molecule has 0 atom stereocenters. The van der Waals surface area contributed by atoms with Crippen molar-refractivity contribution in [1.29, 1.82) is 0 Å². The van der Waals surface area contributed by atoms with Gasteiger partial charge in [-0.2, -0.15) is 0 Å². The molecule has 142 valence electrons. The molecule has 0 radical (unpaired) electrons. The van der Waals surface area contributed by atoms with Crippen molar-refractivity contribution in [2.75, 3.05) is 11.9 Å². The third-order valence-electron chi connectivity index (χ3n) is 3.57. The summed E-state index contributed by atoms with van der Waals surface area (Å²) in [5, 5.41) is 3.10. The van der Waals surface area contributed by atoms with Gasteiger partial charge in [0.15, 0.2) is 12.4 Å². The SMILES string of the molecule is Cc1ccc(C(=O)CCC(=O)OCC(=O)Nc2c(Cl)cc(Cl)cc2Cl)cc1. The van der Waals surface area contributed by atoms with Crippen molar-refractivity contribution in [2.45, 2.75) is 19.8 Å². The molecule has 0 heterocycles. The number of anilines is 1. The third kappa shape index (κ3) is 6.54. The quantitative estimate of drug-likeness (QED) is 0.492. The number of benzene rings is 2. The topological polar surface area (TPSA) is 72.5 Å². The minimum atomic E-state index is -0.654. The van der Waals surface area contributed by atoms with E-state index < -0.39 is 18.5 Å². The van der Waals surface area contributed by atoms with Gasteiger partial charge >= 0.3 is 5.97 Å². The van der Waals surface area contributed by atoms with E-state index in [9.17, 15) is 14.4 Å². The zero-order valence-electron chi connectivity index (χ0n) is 14.4. The molecule has 27 heavy (non-hydrogen) atoms. The lowest BCUT2D eigenvalue weighted by Crippen LogP contribution is -2.21. The monoisotopic (exact) mass is 427 g/mol. The Labute approximate surface area is 171 Å². The van der Waals surface area contributed by atoms with E-state index in [1.807, 2.05) is 19.1 Å². The minimum absolute atomic E-state index is 0.00163.